The SMILES string of the molecule is COCCC(=O)N1CCC(NC(=O)Cc2ccccc2C(=O)O)CC1. The molecule has 2 amide bonds. The summed E-state index contributed by atoms with van der Waals surface area (Å²) in [7, 11) is 1.57. The molecular weight excluding hydrogens is 324 g/mol. The van der Waals surface area contributed by atoms with Gasteiger partial charge in [0.15, 0.2) is 0 Å². The Bertz CT molecular complexity index is 624. The number of amides is 2. The molecule has 1 aliphatic heterocycles. The van der Waals surface area contributed by atoms with Crippen LogP contribution in [0.25, 0.3) is 0 Å². The van der Waals surface area contributed by atoms with Crippen LogP contribution in [-0.2, 0) is 20.7 Å². The van der Waals surface area contributed by atoms with E-state index in [1.165, 1.54) is 6.07 Å². The Hall–Kier alpha value is -2.41. The van der Waals surface area contributed by atoms with Crippen LogP contribution in [0.4, 0.5) is 0 Å². The molecule has 0 aliphatic carbocycles. The van der Waals surface area contributed by atoms with Gasteiger partial charge in [-0.05, 0) is 24.5 Å². The summed E-state index contributed by atoms with van der Waals surface area (Å²) in [5, 5.41) is 12.1. The molecule has 0 aromatic heterocycles. The van der Waals surface area contributed by atoms with Gasteiger partial charge in [0.25, 0.3) is 0 Å². The van der Waals surface area contributed by atoms with E-state index in [2.05, 4.69) is 5.32 Å². The average molecular weight is 348 g/mol. The summed E-state index contributed by atoms with van der Waals surface area (Å²) in [4.78, 5) is 37.1. The lowest BCUT2D eigenvalue weighted by atomic mass is 10.0. The normalized spacial score (nSPS) is 15.0. The minimum atomic E-state index is -1.04. The fourth-order valence-corrected chi connectivity index (χ4v) is 2.96. The zero-order valence-corrected chi connectivity index (χ0v) is 14.4. The molecule has 1 aromatic rings. The van der Waals surface area contributed by atoms with Crippen molar-refractivity contribution in [3.8, 4) is 0 Å². The van der Waals surface area contributed by atoms with Gasteiger partial charge < -0.3 is 20.1 Å². The van der Waals surface area contributed by atoms with Crippen LogP contribution < -0.4 is 5.32 Å². The molecule has 7 heteroatoms. The average Bonchev–Trinajstić information content (AvgIpc) is 2.60. The molecule has 1 fully saturated rings. The highest BCUT2D eigenvalue weighted by Crippen LogP contribution is 2.13. The van der Waals surface area contributed by atoms with Gasteiger partial charge in [0.2, 0.25) is 11.8 Å². The van der Waals surface area contributed by atoms with E-state index in [-0.39, 0.29) is 29.8 Å². The van der Waals surface area contributed by atoms with E-state index >= 15 is 0 Å². The van der Waals surface area contributed by atoms with Crippen LogP contribution in [0.3, 0.4) is 0 Å². The van der Waals surface area contributed by atoms with Crippen molar-refractivity contribution in [3.05, 3.63) is 35.4 Å². The molecular formula is C18H24N2O5. The van der Waals surface area contributed by atoms with Gasteiger partial charge >= 0.3 is 5.97 Å². The first kappa shape index (κ1) is 18.9. The highest BCUT2D eigenvalue weighted by molar-refractivity contribution is 5.91. The summed E-state index contributed by atoms with van der Waals surface area (Å²) in [6.45, 7) is 1.64. The van der Waals surface area contributed by atoms with Gasteiger partial charge in [-0.1, -0.05) is 18.2 Å². The van der Waals surface area contributed by atoms with Crippen molar-refractivity contribution >= 4 is 17.8 Å². The van der Waals surface area contributed by atoms with Crippen LogP contribution in [0.2, 0.25) is 0 Å². The number of methoxy groups -OCH3 is 1. The molecule has 1 saturated heterocycles. The standard InChI is InChI=1S/C18H24N2O5/c1-25-11-8-17(22)20-9-6-14(7-10-20)19-16(21)12-13-4-2-3-5-15(13)18(23)24/h2-5,14H,6-12H2,1H3,(H,19,21)(H,23,24). The number of benzene rings is 1. The number of rotatable bonds is 7. The third-order valence-electron chi connectivity index (χ3n) is 4.33. The summed E-state index contributed by atoms with van der Waals surface area (Å²) < 4.78 is 4.91. The van der Waals surface area contributed by atoms with Crippen LogP contribution in [0.15, 0.2) is 24.3 Å². The summed E-state index contributed by atoms with van der Waals surface area (Å²) in [5.41, 5.74) is 0.649. The number of carboxylic acid groups (broad SMARTS) is 1. The van der Waals surface area contributed by atoms with Gasteiger partial charge in [-0.25, -0.2) is 4.79 Å². The van der Waals surface area contributed by atoms with E-state index in [0.717, 1.165) is 0 Å². The molecule has 1 aromatic carbocycles. The predicted octanol–water partition coefficient (Wildman–Crippen LogP) is 1.07. The molecule has 2 N–H and O–H groups in total. The van der Waals surface area contributed by atoms with Crippen LogP contribution >= 0.6 is 0 Å². The third kappa shape index (κ3) is 5.56. The Morgan fingerprint density at radius 1 is 1.24 bits per heavy atom. The number of piperidine rings is 1. The van der Waals surface area contributed by atoms with E-state index in [1.54, 1.807) is 30.2 Å². The zero-order chi connectivity index (χ0) is 18.2. The largest absolute Gasteiger partial charge is 0.478 e. The van der Waals surface area contributed by atoms with Crippen LogP contribution in [0.1, 0.15) is 35.2 Å². The molecule has 0 atom stereocenters. The Morgan fingerprint density at radius 3 is 2.56 bits per heavy atom. The molecule has 1 aliphatic rings. The number of carboxylic acids is 1. The van der Waals surface area contributed by atoms with E-state index in [9.17, 15) is 14.4 Å². The molecule has 0 saturated carbocycles. The summed E-state index contributed by atoms with van der Waals surface area (Å²) in [6, 6.07) is 6.52. The molecule has 0 bridgehead atoms. The first-order valence-electron chi connectivity index (χ1n) is 8.38. The smallest absolute Gasteiger partial charge is 0.335 e. The van der Waals surface area contributed by atoms with Gasteiger partial charge in [-0.2, -0.15) is 0 Å². The predicted molar refractivity (Wildman–Crippen MR) is 91.3 cm³/mol. The third-order valence-corrected chi connectivity index (χ3v) is 4.33. The second-order valence-corrected chi connectivity index (χ2v) is 6.10. The molecule has 25 heavy (non-hydrogen) atoms. The van der Waals surface area contributed by atoms with Gasteiger partial charge in [0.05, 0.1) is 25.0 Å². The number of nitrogens with one attached hydrogen (secondary N) is 1. The molecule has 0 spiro atoms. The Kier molecular flexibility index (Phi) is 6.94. The van der Waals surface area contributed by atoms with Gasteiger partial charge in [-0.3, -0.25) is 9.59 Å². The maximum atomic E-state index is 12.2. The van der Waals surface area contributed by atoms with Crippen molar-refractivity contribution in [2.75, 3.05) is 26.8 Å². The highest BCUT2D eigenvalue weighted by Gasteiger charge is 2.24. The van der Waals surface area contributed by atoms with E-state index < -0.39 is 5.97 Å². The van der Waals surface area contributed by atoms with Crippen molar-refractivity contribution in [2.45, 2.75) is 31.7 Å². The summed E-state index contributed by atoms with van der Waals surface area (Å²) >= 11 is 0. The second-order valence-electron chi connectivity index (χ2n) is 6.10. The number of nitrogens with zero attached hydrogens (tertiary/aromatic N) is 1. The van der Waals surface area contributed by atoms with Crippen LogP contribution in [-0.4, -0.2) is 60.6 Å². The number of aromatic carboxylic acids is 1. The molecule has 136 valence electrons. The second kappa shape index (κ2) is 9.17. The number of carbonyl (C=O) groups is 3. The van der Waals surface area contributed by atoms with Crippen molar-refractivity contribution in [2.24, 2.45) is 0 Å². The fraction of sp³-hybridized carbons (Fsp3) is 0.500. The molecule has 2 rings (SSSR count). The monoisotopic (exact) mass is 348 g/mol. The van der Waals surface area contributed by atoms with Crippen molar-refractivity contribution in [3.63, 3.8) is 0 Å². The van der Waals surface area contributed by atoms with E-state index in [0.29, 0.717) is 44.5 Å². The summed E-state index contributed by atoms with van der Waals surface area (Å²) in [5.74, 6) is -1.16. The Labute approximate surface area is 147 Å². The van der Waals surface area contributed by atoms with Crippen molar-refractivity contribution < 1.29 is 24.2 Å². The minimum absolute atomic E-state index is 0.0102. The first-order chi connectivity index (χ1) is 12.0. The van der Waals surface area contributed by atoms with Gasteiger partial charge in [-0.15, -0.1) is 0 Å². The molecule has 0 radical (unpaired) electrons. The maximum absolute atomic E-state index is 12.2. The lowest BCUT2D eigenvalue weighted by molar-refractivity contribution is -0.133. The molecule has 7 nitrogen and oxygen atoms in total. The number of likely N-dealkylation sites (tertiary alicyclic amines) is 1. The number of carbonyl (C=O) groups excluding carboxylic acids is 2. The van der Waals surface area contributed by atoms with E-state index in [1.807, 2.05) is 0 Å². The fourth-order valence-electron chi connectivity index (χ4n) is 2.96. The quantitative estimate of drug-likeness (QED) is 0.768. The lowest BCUT2D eigenvalue weighted by Gasteiger charge is -2.32. The van der Waals surface area contributed by atoms with Crippen LogP contribution in [0.5, 0.6) is 0 Å². The van der Waals surface area contributed by atoms with E-state index in [4.69, 9.17) is 9.84 Å². The number of hydrogen-bond acceptors (Lipinski definition) is 4. The topological polar surface area (TPSA) is 95.9 Å². The Morgan fingerprint density at radius 2 is 1.92 bits per heavy atom. The highest BCUT2D eigenvalue weighted by atomic mass is 16.5. The number of hydrogen-bond donors (Lipinski definition) is 2. The lowest BCUT2D eigenvalue weighted by Crippen LogP contribution is -2.47. The van der Waals surface area contributed by atoms with Gasteiger partial charge in [0, 0.05) is 26.2 Å². The van der Waals surface area contributed by atoms with Crippen LogP contribution in [0, 0.1) is 0 Å². The van der Waals surface area contributed by atoms with Gasteiger partial charge in [0.1, 0.15) is 0 Å². The van der Waals surface area contributed by atoms with Crippen molar-refractivity contribution in [1.82, 2.24) is 10.2 Å². The first-order valence-corrected chi connectivity index (χ1v) is 8.38. The Balaban J connectivity index is 1.81. The number of ether oxygens (including phenoxy) is 1. The minimum Gasteiger partial charge on any atom is -0.478 e. The van der Waals surface area contributed by atoms with Crippen molar-refractivity contribution in [1.29, 1.82) is 0 Å². The maximum Gasteiger partial charge on any atom is 0.335 e. The molecule has 0 unspecified atom stereocenters. The zero-order valence-electron chi connectivity index (χ0n) is 14.4. The summed E-state index contributed by atoms with van der Waals surface area (Å²) in [6.07, 6.45) is 1.81. The molecule has 1 heterocycles.